The molecule has 0 aliphatic rings. The Balaban J connectivity index is 1.68. The van der Waals surface area contributed by atoms with Crippen LogP contribution in [0.4, 0.5) is 5.69 Å². The van der Waals surface area contributed by atoms with Crippen LogP contribution in [0, 0.1) is 0 Å². The fourth-order valence-electron chi connectivity index (χ4n) is 2.52. The summed E-state index contributed by atoms with van der Waals surface area (Å²) in [7, 11) is 1.53. The molecule has 0 spiro atoms. The lowest BCUT2D eigenvalue weighted by Crippen LogP contribution is -2.15. The maximum absolute atomic E-state index is 12.0. The van der Waals surface area contributed by atoms with Crippen molar-refractivity contribution in [2.45, 2.75) is 25.7 Å². The van der Waals surface area contributed by atoms with Crippen LogP contribution in [0.3, 0.4) is 0 Å². The molecule has 0 atom stereocenters. The summed E-state index contributed by atoms with van der Waals surface area (Å²) in [4.78, 5) is 23.5. The number of benzene rings is 2. The van der Waals surface area contributed by atoms with Crippen molar-refractivity contribution in [1.82, 2.24) is 0 Å². The van der Waals surface area contributed by atoms with Gasteiger partial charge in [0, 0.05) is 25.3 Å². The zero-order valence-electron chi connectivity index (χ0n) is 16.2. The first-order valence-corrected chi connectivity index (χ1v) is 9.38. The van der Waals surface area contributed by atoms with E-state index < -0.39 is 5.97 Å². The van der Waals surface area contributed by atoms with E-state index in [-0.39, 0.29) is 25.4 Å². The van der Waals surface area contributed by atoms with Crippen molar-refractivity contribution in [2.75, 3.05) is 32.2 Å². The normalized spacial score (nSPS) is 10.3. The molecule has 0 aliphatic heterocycles. The Hall–Kier alpha value is -2.86. The molecule has 150 valence electrons. The number of nitrogens with one attached hydrogen (secondary N) is 1. The van der Waals surface area contributed by atoms with Gasteiger partial charge in [0.25, 0.3) is 0 Å². The molecule has 0 saturated heterocycles. The zero-order valence-corrected chi connectivity index (χ0v) is 16.2. The number of rotatable bonds is 12. The molecular formula is C22H27NO5. The molecule has 28 heavy (non-hydrogen) atoms. The van der Waals surface area contributed by atoms with E-state index in [2.05, 4.69) is 17.4 Å². The van der Waals surface area contributed by atoms with Crippen molar-refractivity contribution >= 4 is 17.6 Å². The second kappa shape index (κ2) is 12.5. The third kappa shape index (κ3) is 8.68. The van der Waals surface area contributed by atoms with Crippen LogP contribution in [0.5, 0.6) is 5.75 Å². The number of hydrogen-bond acceptors (Lipinski definition) is 5. The summed E-state index contributed by atoms with van der Waals surface area (Å²) < 4.78 is 15.5. The lowest BCUT2D eigenvalue weighted by Gasteiger charge is -2.09. The molecule has 0 aromatic heterocycles. The number of carbonyl (C=O) groups is 2. The van der Waals surface area contributed by atoms with Gasteiger partial charge in [-0.3, -0.25) is 9.59 Å². The Morgan fingerprint density at radius 1 is 0.929 bits per heavy atom. The average Bonchev–Trinajstić information content (AvgIpc) is 2.71. The SMILES string of the molecule is COCCOC(=O)CCC(=O)Nc1cccc(OCCCc2ccccc2)c1. The third-order valence-electron chi connectivity index (χ3n) is 3.95. The van der Waals surface area contributed by atoms with Crippen LogP contribution < -0.4 is 10.1 Å². The molecule has 6 nitrogen and oxygen atoms in total. The van der Waals surface area contributed by atoms with Crippen molar-refractivity contribution in [3.05, 3.63) is 60.2 Å². The highest BCUT2D eigenvalue weighted by atomic mass is 16.6. The van der Waals surface area contributed by atoms with Crippen molar-refractivity contribution in [2.24, 2.45) is 0 Å². The lowest BCUT2D eigenvalue weighted by molar-refractivity contribution is -0.145. The topological polar surface area (TPSA) is 73.9 Å². The molecule has 0 heterocycles. The number of carbonyl (C=O) groups excluding carboxylic acids is 2. The number of ether oxygens (including phenoxy) is 3. The van der Waals surface area contributed by atoms with E-state index in [9.17, 15) is 9.59 Å². The Morgan fingerprint density at radius 3 is 2.54 bits per heavy atom. The maximum atomic E-state index is 12.0. The van der Waals surface area contributed by atoms with Gasteiger partial charge in [0.2, 0.25) is 5.91 Å². The van der Waals surface area contributed by atoms with Crippen LogP contribution in [0.15, 0.2) is 54.6 Å². The molecular weight excluding hydrogens is 358 g/mol. The maximum Gasteiger partial charge on any atom is 0.306 e. The summed E-state index contributed by atoms with van der Waals surface area (Å²) in [6, 6.07) is 17.5. The van der Waals surface area contributed by atoms with Gasteiger partial charge in [-0.2, -0.15) is 0 Å². The van der Waals surface area contributed by atoms with Crippen LogP contribution in [0.25, 0.3) is 0 Å². The van der Waals surface area contributed by atoms with E-state index in [1.807, 2.05) is 30.3 Å². The number of aryl methyl sites for hydroxylation is 1. The molecule has 2 rings (SSSR count). The molecule has 0 fully saturated rings. The molecule has 0 radical (unpaired) electrons. The van der Waals surface area contributed by atoms with Gasteiger partial charge in [0.1, 0.15) is 12.4 Å². The number of methoxy groups -OCH3 is 1. The second-order valence-corrected chi connectivity index (χ2v) is 6.23. The van der Waals surface area contributed by atoms with E-state index in [1.165, 1.54) is 12.7 Å². The van der Waals surface area contributed by atoms with Gasteiger partial charge in [-0.25, -0.2) is 0 Å². The lowest BCUT2D eigenvalue weighted by atomic mass is 10.1. The first-order valence-electron chi connectivity index (χ1n) is 9.38. The highest BCUT2D eigenvalue weighted by molar-refractivity contribution is 5.92. The number of anilines is 1. The predicted molar refractivity (Wildman–Crippen MR) is 107 cm³/mol. The molecule has 0 saturated carbocycles. The molecule has 0 bridgehead atoms. The molecule has 1 amide bonds. The van der Waals surface area contributed by atoms with Crippen molar-refractivity contribution < 1.29 is 23.8 Å². The third-order valence-corrected chi connectivity index (χ3v) is 3.95. The standard InChI is InChI=1S/C22H27NO5/c1-26-15-16-28-22(25)13-12-21(24)23-19-10-5-11-20(17-19)27-14-6-9-18-7-3-2-4-8-18/h2-5,7-8,10-11,17H,6,9,12-16H2,1H3,(H,23,24). The minimum Gasteiger partial charge on any atom is -0.494 e. The second-order valence-electron chi connectivity index (χ2n) is 6.23. The predicted octanol–water partition coefficient (Wildman–Crippen LogP) is 3.61. The number of hydrogen-bond donors (Lipinski definition) is 1. The number of amides is 1. The van der Waals surface area contributed by atoms with E-state index >= 15 is 0 Å². The van der Waals surface area contributed by atoms with Gasteiger partial charge in [0.15, 0.2) is 0 Å². The molecule has 2 aromatic carbocycles. The summed E-state index contributed by atoms with van der Waals surface area (Å²) in [5.41, 5.74) is 1.92. The van der Waals surface area contributed by atoms with E-state index in [1.54, 1.807) is 12.1 Å². The summed E-state index contributed by atoms with van der Waals surface area (Å²) in [6.07, 6.45) is 1.96. The zero-order chi connectivity index (χ0) is 20.0. The Labute approximate surface area is 165 Å². The van der Waals surface area contributed by atoms with E-state index in [4.69, 9.17) is 14.2 Å². The number of esters is 1. The Bertz CT molecular complexity index is 733. The van der Waals surface area contributed by atoms with Gasteiger partial charge >= 0.3 is 5.97 Å². The van der Waals surface area contributed by atoms with E-state index in [0.717, 1.165) is 12.8 Å². The smallest absolute Gasteiger partial charge is 0.306 e. The van der Waals surface area contributed by atoms with Crippen LogP contribution in [-0.4, -0.2) is 38.8 Å². The van der Waals surface area contributed by atoms with Crippen molar-refractivity contribution in [1.29, 1.82) is 0 Å². The molecule has 0 unspecified atom stereocenters. The van der Waals surface area contributed by atoms with Crippen LogP contribution >= 0.6 is 0 Å². The fourth-order valence-corrected chi connectivity index (χ4v) is 2.52. The minimum absolute atomic E-state index is 0.0330. The summed E-state index contributed by atoms with van der Waals surface area (Å²) in [5.74, 6) is 0.0393. The van der Waals surface area contributed by atoms with E-state index in [0.29, 0.717) is 24.7 Å². The van der Waals surface area contributed by atoms with Crippen LogP contribution in [-0.2, 0) is 25.5 Å². The Morgan fingerprint density at radius 2 is 1.75 bits per heavy atom. The average molecular weight is 385 g/mol. The van der Waals surface area contributed by atoms with Crippen molar-refractivity contribution in [3.63, 3.8) is 0 Å². The summed E-state index contributed by atoms with van der Waals surface area (Å²) in [5, 5.41) is 2.77. The highest BCUT2D eigenvalue weighted by Crippen LogP contribution is 2.18. The molecule has 6 heteroatoms. The summed E-state index contributed by atoms with van der Waals surface area (Å²) in [6.45, 7) is 1.14. The molecule has 0 aliphatic carbocycles. The van der Waals surface area contributed by atoms with Crippen molar-refractivity contribution in [3.8, 4) is 5.75 Å². The molecule has 2 aromatic rings. The van der Waals surface area contributed by atoms with Crippen LogP contribution in [0.2, 0.25) is 0 Å². The van der Waals surface area contributed by atoms with Gasteiger partial charge in [-0.1, -0.05) is 36.4 Å². The van der Waals surface area contributed by atoms with Gasteiger partial charge in [-0.15, -0.1) is 0 Å². The van der Waals surface area contributed by atoms with Gasteiger partial charge < -0.3 is 19.5 Å². The fraction of sp³-hybridized carbons (Fsp3) is 0.364. The van der Waals surface area contributed by atoms with Crippen LogP contribution in [0.1, 0.15) is 24.8 Å². The summed E-state index contributed by atoms with van der Waals surface area (Å²) >= 11 is 0. The van der Waals surface area contributed by atoms with Gasteiger partial charge in [0.05, 0.1) is 19.6 Å². The quantitative estimate of drug-likeness (QED) is 0.446. The molecule has 1 N–H and O–H groups in total. The minimum atomic E-state index is -0.414. The Kier molecular flexibility index (Phi) is 9.58. The monoisotopic (exact) mass is 385 g/mol. The highest BCUT2D eigenvalue weighted by Gasteiger charge is 2.09. The first kappa shape index (κ1) is 21.4. The largest absolute Gasteiger partial charge is 0.494 e. The van der Waals surface area contributed by atoms with Gasteiger partial charge in [-0.05, 0) is 30.5 Å². The first-order chi connectivity index (χ1) is 13.7.